The smallest absolute Gasteiger partial charge is 0.143 e. The maximum Gasteiger partial charge on any atom is 0.143 e. The first-order chi connectivity index (χ1) is 57.0. The number of furan rings is 2. The predicted octanol–water partition coefficient (Wildman–Crippen LogP) is 29.3. The van der Waals surface area contributed by atoms with Gasteiger partial charge in [-0.1, -0.05) is 237 Å². The lowest BCUT2D eigenvalue weighted by Gasteiger charge is -2.12. The first-order valence-electron chi connectivity index (χ1n) is 39.4. The highest BCUT2D eigenvalue weighted by Gasteiger charge is 2.24. The van der Waals surface area contributed by atoms with Crippen LogP contribution in [0, 0.1) is 0 Å². The summed E-state index contributed by atoms with van der Waals surface area (Å²) >= 11 is 0. The third kappa shape index (κ3) is 9.47. The van der Waals surface area contributed by atoms with Crippen molar-refractivity contribution in [1.82, 2.24) is 22.8 Å². The van der Waals surface area contributed by atoms with Gasteiger partial charge in [0.15, 0.2) is 0 Å². The molecule has 0 aliphatic heterocycles. The Morgan fingerprint density at radius 1 is 0.148 bits per heavy atom. The van der Waals surface area contributed by atoms with E-state index in [1.807, 2.05) is 12.1 Å². The third-order valence-electron chi connectivity index (χ3n) is 24.5. The maximum absolute atomic E-state index is 6.98. The Balaban J connectivity index is 0.515. The van der Waals surface area contributed by atoms with Crippen LogP contribution < -0.4 is 0 Å². The second-order valence-corrected chi connectivity index (χ2v) is 30.6. The van der Waals surface area contributed by atoms with E-state index in [-0.39, 0.29) is 0 Å². The lowest BCUT2D eigenvalue weighted by Crippen LogP contribution is -1.96. The summed E-state index contributed by atoms with van der Waals surface area (Å²) in [6, 6.07) is 144. The van der Waals surface area contributed by atoms with E-state index in [0.717, 1.165) is 133 Å². The quantitative estimate of drug-likeness (QED) is 0.137. The molecule has 0 unspecified atom stereocenters. The standard InChI is InChI=1S/C108H65N5O2/c1-2-19-73(20-3-1)109-94-32-10-4-21-81(94)89-61-69(45-56-99(89)109)72-48-59-102-92(64-72)84-24-7-14-36-98(84)113(102)77-55-60-103-93(65-77)85-25-8-13-35-97(85)112(103)74-49-39-66(40-50-74)78-27-18-38-105-106(78)88-31-17-29-80(108(88)115-105)68-43-53-76(54-44-68)111-96-34-12-6-23-83(96)91-63-71(47-58-101(91)111)70-46-57-100-90(62-70)82-22-5-11-33-95(82)110(100)75-51-41-67(42-52-75)79-28-16-30-87-86-26-9-15-37-104(86)114-107(79)87/h1-65H. The second-order valence-electron chi connectivity index (χ2n) is 30.6. The van der Waals surface area contributed by atoms with Crippen LogP contribution in [0.2, 0.25) is 0 Å². The minimum atomic E-state index is 0.858. The molecule has 7 heteroatoms. The summed E-state index contributed by atoms with van der Waals surface area (Å²) in [7, 11) is 0. The molecule has 0 saturated heterocycles. The average Bonchev–Trinajstić information content (AvgIpc) is 1.59. The van der Waals surface area contributed by atoms with Crippen molar-refractivity contribution in [2.45, 2.75) is 0 Å². The third-order valence-corrected chi connectivity index (χ3v) is 24.5. The Labute approximate surface area is 658 Å². The van der Waals surface area contributed by atoms with E-state index < -0.39 is 0 Å². The molecule has 0 spiro atoms. The molecular weight excluding hydrogens is 1400 g/mol. The van der Waals surface area contributed by atoms with Crippen molar-refractivity contribution in [3.8, 4) is 84.1 Å². The lowest BCUT2D eigenvalue weighted by molar-refractivity contribution is 0.669. The molecule has 0 fully saturated rings. The van der Waals surface area contributed by atoms with Gasteiger partial charge >= 0.3 is 0 Å². The zero-order chi connectivity index (χ0) is 75.1. The Morgan fingerprint density at radius 3 is 0.852 bits per heavy atom. The zero-order valence-electron chi connectivity index (χ0n) is 62.1. The van der Waals surface area contributed by atoms with Gasteiger partial charge < -0.3 is 31.7 Å². The molecule has 0 aliphatic rings. The molecule has 25 rings (SSSR count). The zero-order valence-corrected chi connectivity index (χ0v) is 62.1. The van der Waals surface area contributed by atoms with Crippen molar-refractivity contribution in [3.63, 3.8) is 0 Å². The van der Waals surface area contributed by atoms with E-state index in [2.05, 4.69) is 405 Å². The van der Waals surface area contributed by atoms with E-state index in [0.29, 0.717) is 0 Å². The van der Waals surface area contributed by atoms with Crippen molar-refractivity contribution < 1.29 is 8.83 Å². The van der Waals surface area contributed by atoms with Gasteiger partial charge in [0.05, 0.1) is 55.2 Å². The second kappa shape index (κ2) is 24.5. The number of aromatic nitrogens is 5. The summed E-state index contributed by atoms with van der Waals surface area (Å²) in [6.45, 7) is 0. The van der Waals surface area contributed by atoms with Gasteiger partial charge in [-0.3, -0.25) is 0 Å². The van der Waals surface area contributed by atoms with Gasteiger partial charge in [0.1, 0.15) is 22.3 Å². The summed E-state index contributed by atoms with van der Waals surface area (Å²) in [4.78, 5) is 0. The summed E-state index contributed by atoms with van der Waals surface area (Å²) in [5.41, 5.74) is 32.2. The Hall–Kier alpha value is -15.4. The molecule has 0 aliphatic carbocycles. The van der Waals surface area contributed by atoms with Crippen LogP contribution in [0.4, 0.5) is 0 Å². The number of hydrogen-bond acceptors (Lipinski definition) is 2. The topological polar surface area (TPSA) is 50.9 Å². The van der Waals surface area contributed by atoms with Crippen LogP contribution >= 0.6 is 0 Å². The van der Waals surface area contributed by atoms with Gasteiger partial charge in [0, 0.05) is 115 Å². The number of para-hydroxylation sites is 9. The summed E-state index contributed by atoms with van der Waals surface area (Å²) in [6.07, 6.45) is 0. The molecule has 18 aromatic carbocycles. The van der Waals surface area contributed by atoms with Crippen LogP contribution in [0.1, 0.15) is 0 Å². The molecule has 0 bridgehead atoms. The highest BCUT2D eigenvalue weighted by Crippen LogP contribution is 2.47. The SMILES string of the molecule is c1ccc(-n2c3ccccc3c3cc(-c4ccc5c(c4)c4ccccc4n5-c4ccc5c(c4)c4ccccc4n5-c4ccc(-c5cccc6oc7c(-c8ccc(-n9c%10ccccc%10c%10cc(-c%11ccc%12c(c%11)c%11ccccc%11n%12-c%11ccc(-c%12cccc%13c%12oc%12ccccc%12%13)cc%11)ccc%109)cc8)cccc7c56)cc4)ccc32)cc1. The summed E-state index contributed by atoms with van der Waals surface area (Å²) < 4.78 is 25.5. The monoisotopic (exact) mass is 1460 g/mol. The normalized spacial score (nSPS) is 12.2. The Morgan fingerprint density at radius 2 is 0.417 bits per heavy atom. The van der Waals surface area contributed by atoms with E-state index in [1.54, 1.807) is 0 Å². The van der Waals surface area contributed by atoms with Crippen molar-refractivity contribution in [2.24, 2.45) is 0 Å². The summed E-state index contributed by atoms with van der Waals surface area (Å²) in [5.74, 6) is 0. The van der Waals surface area contributed by atoms with E-state index in [1.165, 1.54) is 104 Å². The Kier molecular flexibility index (Phi) is 13.5. The van der Waals surface area contributed by atoms with Crippen LogP contribution in [0.5, 0.6) is 0 Å². The Bertz CT molecular complexity index is 8380. The first-order valence-corrected chi connectivity index (χ1v) is 39.4. The van der Waals surface area contributed by atoms with Gasteiger partial charge in [-0.2, -0.15) is 0 Å². The number of nitrogens with zero attached hydrogens (tertiary/aromatic N) is 5. The van der Waals surface area contributed by atoms with Gasteiger partial charge in [-0.25, -0.2) is 0 Å². The molecule has 0 saturated carbocycles. The number of hydrogen-bond donors (Lipinski definition) is 0. The molecular formula is C108H65N5O2. The van der Waals surface area contributed by atoms with Gasteiger partial charge in [0.2, 0.25) is 0 Å². The molecule has 7 heterocycles. The van der Waals surface area contributed by atoms with Crippen LogP contribution in [-0.2, 0) is 0 Å². The molecule has 7 nitrogen and oxygen atoms in total. The number of rotatable bonds is 10. The van der Waals surface area contributed by atoms with Crippen LogP contribution in [0.15, 0.2) is 403 Å². The van der Waals surface area contributed by atoms with Crippen molar-refractivity contribution in [3.05, 3.63) is 394 Å². The van der Waals surface area contributed by atoms with E-state index >= 15 is 0 Å². The van der Waals surface area contributed by atoms with Gasteiger partial charge in [0.25, 0.3) is 0 Å². The average molecular weight is 1460 g/mol. The minimum Gasteiger partial charge on any atom is -0.455 e. The largest absolute Gasteiger partial charge is 0.455 e. The highest BCUT2D eigenvalue weighted by atomic mass is 16.3. The minimum absolute atomic E-state index is 0.858. The lowest BCUT2D eigenvalue weighted by atomic mass is 9.97. The van der Waals surface area contributed by atoms with E-state index in [9.17, 15) is 0 Å². The molecule has 115 heavy (non-hydrogen) atoms. The maximum atomic E-state index is 6.98. The van der Waals surface area contributed by atoms with Crippen LogP contribution in [-0.4, -0.2) is 22.8 Å². The molecule has 0 amide bonds. The number of benzene rings is 18. The molecule has 25 aromatic rings. The molecule has 0 atom stereocenters. The van der Waals surface area contributed by atoms with E-state index in [4.69, 9.17) is 8.83 Å². The molecule has 534 valence electrons. The predicted molar refractivity (Wildman–Crippen MR) is 480 cm³/mol. The highest BCUT2D eigenvalue weighted by molar-refractivity contribution is 6.19. The molecule has 0 radical (unpaired) electrons. The van der Waals surface area contributed by atoms with Crippen molar-refractivity contribution in [2.75, 3.05) is 0 Å². The number of fused-ring (bicyclic) bond motifs is 21. The van der Waals surface area contributed by atoms with Crippen molar-refractivity contribution in [1.29, 1.82) is 0 Å². The summed E-state index contributed by atoms with van der Waals surface area (Å²) in [5, 5.41) is 16.6. The fourth-order valence-electron chi connectivity index (χ4n) is 19.3. The van der Waals surface area contributed by atoms with Crippen LogP contribution in [0.3, 0.4) is 0 Å². The fraction of sp³-hybridized carbons (Fsp3) is 0. The van der Waals surface area contributed by atoms with Gasteiger partial charge in [-0.15, -0.1) is 0 Å². The van der Waals surface area contributed by atoms with Crippen LogP contribution in [0.25, 0.3) is 237 Å². The van der Waals surface area contributed by atoms with Crippen molar-refractivity contribution >= 4 is 153 Å². The molecule has 7 aromatic heterocycles. The van der Waals surface area contributed by atoms with Gasteiger partial charge in [-0.05, 0) is 202 Å². The molecule has 0 N–H and O–H groups in total. The fourth-order valence-corrected chi connectivity index (χ4v) is 19.3. The first kappa shape index (κ1) is 63.3.